The highest BCUT2D eigenvalue weighted by Crippen LogP contribution is 2.15. The number of carbonyl (C=O) groups excluding carboxylic acids is 1. The molecule has 0 atom stereocenters. The Labute approximate surface area is 141 Å². The van der Waals surface area contributed by atoms with E-state index in [1.807, 2.05) is 41.5 Å². The summed E-state index contributed by atoms with van der Waals surface area (Å²) in [6.45, 7) is 4.36. The van der Waals surface area contributed by atoms with Crippen LogP contribution in [0.1, 0.15) is 18.1 Å². The predicted octanol–water partition coefficient (Wildman–Crippen LogP) is 3.36. The lowest BCUT2D eigenvalue weighted by molar-refractivity contribution is -0.131. The van der Waals surface area contributed by atoms with Crippen LogP contribution in [0.25, 0.3) is 0 Å². The zero-order valence-electron chi connectivity index (χ0n) is 13.7. The summed E-state index contributed by atoms with van der Waals surface area (Å²) in [7, 11) is 1.65. The van der Waals surface area contributed by atoms with Crippen molar-refractivity contribution < 1.29 is 14.3 Å². The van der Waals surface area contributed by atoms with E-state index in [9.17, 15) is 4.79 Å². The largest absolute Gasteiger partial charge is 0.494 e. The van der Waals surface area contributed by atoms with Crippen molar-refractivity contribution in [2.45, 2.75) is 19.9 Å². The van der Waals surface area contributed by atoms with Crippen LogP contribution >= 0.6 is 11.3 Å². The van der Waals surface area contributed by atoms with Gasteiger partial charge in [0.05, 0.1) is 19.6 Å². The van der Waals surface area contributed by atoms with Crippen LogP contribution in [0.2, 0.25) is 0 Å². The summed E-state index contributed by atoms with van der Waals surface area (Å²) in [5.74, 6) is 0.940. The van der Waals surface area contributed by atoms with Gasteiger partial charge in [-0.2, -0.15) is 11.3 Å². The lowest BCUT2D eigenvalue weighted by atomic mass is 10.1. The molecule has 0 saturated carbocycles. The van der Waals surface area contributed by atoms with E-state index in [0.29, 0.717) is 32.7 Å². The first-order valence-electron chi connectivity index (χ1n) is 7.72. The van der Waals surface area contributed by atoms with Gasteiger partial charge in [0.2, 0.25) is 5.91 Å². The van der Waals surface area contributed by atoms with Crippen molar-refractivity contribution in [3.8, 4) is 5.75 Å². The number of hydrogen-bond acceptors (Lipinski definition) is 4. The van der Waals surface area contributed by atoms with Gasteiger partial charge in [-0.25, -0.2) is 0 Å². The summed E-state index contributed by atoms with van der Waals surface area (Å²) in [5.41, 5.74) is 2.15. The summed E-state index contributed by atoms with van der Waals surface area (Å²) in [4.78, 5) is 14.4. The molecule has 4 nitrogen and oxygen atoms in total. The number of thiophene rings is 1. The number of methoxy groups -OCH3 is 1. The van der Waals surface area contributed by atoms with Crippen molar-refractivity contribution in [2.75, 3.05) is 26.9 Å². The smallest absolute Gasteiger partial charge is 0.227 e. The molecule has 0 fully saturated rings. The van der Waals surface area contributed by atoms with Gasteiger partial charge in [0.1, 0.15) is 5.75 Å². The van der Waals surface area contributed by atoms with Crippen molar-refractivity contribution >= 4 is 17.2 Å². The zero-order valence-corrected chi connectivity index (χ0v) is 14.5. The molecule has 0 spiro atoms. The quantitative estimate of drug-likeness (QED) is 0.706. The summed E-state index contributed by atoms with van der Waals surface area (Å²) in [5, 5.41) is 4.10. The number of nitrogens with zero attached hydrogens (tertiary/aromatic N) is 1. The number of carbonyl (C=O) groups is 1. The van der Waals surface area contributed by atoms with Gasteiger partial charge in [0.15, 0.2) is 0 Å². The Bertz CT molecular complexity index is 581. The standard InChI is InChI=1S/C18H23NO3S/c1-3-22-17-6-4-15(5-7-17)12-18(20)19(9-10-21-2)13-16-8-11-23-14-16/h4-8,11,14H,3,9-10,12-13H2,1-2H3. The van der Waals surface area contributed by atoms with Gasteiger partial charge in [-0.3, -0.25) is 4.79 Å². The molecule has 2 rings (SSSR count). The highest BCUT2D eigenvalue weighted by atomic mass is 32.1. The summed E-state index contributed by atoms with van der Waals surface area (Å²) >= 11 is 1.64. The van der Waals surface area contributed by atoms with E-state index in [2.05, 4.69) is 11.4 Å². The maximum absolute atomic E-state index is 12.6. The lowest BCUT2D eigenvalue weighted by Crippen LogP contribution is -2.34. The Balaban J connectivity index is 1.98. The third-order valence-corrected chi connectivity index (χ3v) is 4.19. The third kappa shape index (κ3) is 5.69. The van der Waals surface area contributed by atoms with E-state index in [1.165, 1.54) is 0 Å². The molecule has 0 saturated heterocycles. The molecule has 23 heavy (non-hydrogen) atoms. The molecular weight excluding hydrogens is 310 g/mol. The molecule has 124 valence electrons. The van der Waals surface area contributed by atoms with E-state index < -0.39 is 0 Å². The Morgan fingerprint density at radius 1 is 1.17 bits per heavy atom. The zero-order chi connectivity index (χ0) is 16.5. The predicted molar refractivity (Wildman–Crippen MR) is 92.9 cm³/mol. The molecule has 0 bridgehead atoms. The molecule has 1 aromatic carbocycles. The van der Waals surface area contributed by atoms with Gasteiger partial charge < -0.3 is 14.4 Å². The maximum atomic E-state index is 12.6. The molecule has 2 aromatic rings. The normalized spacial score (nSPS) is 10.5. The van der Waals surface area contributed by atoms with Gasteiger partial charge in [-0.1, -0.05) is 12.1 Å². The van der Waals surface area contributed by atoms with E-state index in [-0.39, 0.29) is 5.91 Å². The summed E-state index contributed by atoms with van der Waals surface area (Å²) in [6, 6.07) is 9.76. The molecule has 0 aliphatic rings. The number of hydrogen-bond donors (Lipinski definition) is 0. The Hall–Kier alpha value is -1.85. The van der Waals surface area contributed by atoms with Crippen LogP contribution in [-0.2, 0) is 22.5 Å². The highest BCUT2D eigenvalue weighted by Gasteiger charge is 2.14. The number of rotatable bonds is 9. The van der Waals surface area contributed by atoms with E-state index in [4.69, 9.17) is 9.47 Å². The molecular formula is C18H23NO3S. The minimum Gasteiger partial charge on any atom is -0.494 e. The van der Waals surface area contributed by atoms with Gasteiger partial charge in [-0.15, -0.1) is 0 Å². The molecule has 1 heterocycles. The second-order valence-electron chi connectivity index (χ2n) is 5.19. The Morgan fingerprint density at radius 3 is 2.57 bits per heavy atom. The fourth-order valence-corrected chi connectivity index (χ4v) is 2.91. The maximum Gasteiger partial charge on any atom is 0.227 e. The number of ether oxygens (including phenoxy) is 2. The molecule has 0 N–H and O–H groups in total. The van der Waals surface area contributed by atoms with Gasteiger partial charge in [-0.05, 0) is 47.0 Å². The minimum absolute atomic E-state index is 0.109. The van der Waals surface area contributed by atoms with Gasteiger partial charge in [0, 0.05) is 20.2 Å². The van der Waals surface area contributed by atoms with Crippen molar-refractivity contribution in [2.24, 2.45) is 0 Å². The topological polar surface area (TPSA) is 38.8 Å². The monoisotopic (exact) mass is 333 g/mol. The molecule has 0 unspecified atom stereocenters. The lowest BCUT2D eigenvalue weighted by Gasteiger charge is -2.22. The number of amides is 1. The van der Waals surface area contributed by atoms with Crippen LogP contribution in [0, 0.1) is 0 Å². The Kier molecular flexibility index (Phi) is 7.10. The van der Waals surface area contributed by atoms with Gasteiger partial charge >= 0.3 is 0 Å². The van der Waals surface area contributed by atoms with Crippen LogP contribution < -0.4 is 4.74 Å². The second-order valence-corrected chi connectivity index (χ2v) is 5.97. The van der Waals surface area contributed by atoms with Crippen LogP contribution in [0.4, 0.5) is 0 Å². The Morgan fingerprint density at radius 2 is 1.96 bits per heavy atom. The first kappa shape index (κ1) is 17.5. The number of benzene rings is 1. The molecule has 1 amide bonds. The van der Waals surface area contributed by atoms with Crippen LogP contribution in [0.3, 0.4) is 0 Å². The molecule has 0 radical (unpaired) electrons. The van der Waals surface area contributed by atoms with E-state index in [1.54, 1.807) is 18.4 Å². The van der Waals surface area contributed by atoms with Crippen molar-refractivity contribution in [1.29, 1.82) is 0 Å². The molecule has 1 aromatic heterocycles. The summed E-state index contributed by atoms with van der Waals surface area (Å²) in [6.07, 6.45) is 0.389. The van der Waals surface area contributed by atoms with Crippen LogP contribution in [0.15, 0.2) is 41.1 Å². The van der Waals surface area contributed by atoms with Crippen molar-refractivity contribution in [1.82, 2.24) is 4.90 Å². The van der Waals surface area contributed by atoms with Crippen molar-refractivity contribution in [3.05, 3.63) is 52.2 Å². The third-order valence-electron chi connectivity index (χ3n) is 3.46. The van der Waals surface area contributed by atoms with Crippen molar-refractivity contribution in [3.63, 3.8) is 0 Å². The van der Waals surface area contributed by atoms with Crippen LogP contribution in [0.5, 0.6) is 5.75 Å². The average molecular weight is 333 g/mol. The fraction of sp³-hybridized carbons (Fsp3) is 0.389. The first-order chi connectivity index (χ1) is 11.2. The summed E-state index contributed by atoms with van der Waals surface area (Å²) < 4.78 is 10.6. The fourth-order valence-electron chi connectivity index (χ4n) is 2.25. The van der Waals surface area contributed by atoms with E-state index >= 15 is 0 Å². The van der Waals surface area contributed by atoms with E-state index in [0.717, 1.165) is 16.9 Å². The molecule has 0 aliphatic heterocycles. The molecule has 5 heteroatoms. The van der Waals surface area contributed by atoms with Gasteiger partial charge in [0.25, 0.3) is 0 Å². The minimum atomic E-state index is 0.109. The molecule has 0 aliphatic carbocycles. The highest BCUT2D eigenvalue weighted by molar-refractivity contribution is 7.07. The second kappa shape index (κ2) is 9.33. The average Bonchev–Trinajstić information content (AvgIpc) is 3.06. The first-order valence-corrected chi connectivity index (χ1v) is 8.66. The SMILES string of the molecule is CCOc1ccc(CC(=O)N(CCOC)Cc2ccsc2)cc1. The van der Waals surface area contributed by atoms with Crippen LogP contribution in [-0.4, -0.2) is 37.7 Å².